The van der Waals surface area contributed by atoms with Gasteiger partial charge in [-0.3, -0.25) is 4.79 Å². The number of thiazole rings is 1. The van der Waals surface area contributed by atoms with E-state index in [0.29, 0.717) is 43.9 Å². The zero-order valence-electron chi connectivity index (χ0n) is 17.9. The molecule has 0 unspecified atom stereocenters. The van der Waals surface area contributed by atoms with Crippen molar-refractivity contribution in [2.75, 3.05) is 18.4 Å². The Kier molecular flexibility index (Phi) is 7.01. The Bertz CT molecular complexity index is 1060. The molecule has 0 radical (unpaired) electrons. The molecule has 1 aliphatic heterocycles. The number of hydrogen-bond acceptors (Lipinski definition) is 5. The number of ether oxygens (including phenoxy) is 1. The van der Waals surface area contributed by atoms with Crippen molar-refractivity contribution in [1.29, 1.82) is 0 Å². The van der Waals surface area contributed by atoms with E-state index >= 15 is 0 Å². The molecule has 8 heteroatoms. The first kappa shape index (κ1) is 21.8. The van der Waals surface area contributed by atoms with Crippen LogP contribution in [-0.4, -0.2) is 41.0 Å². The molecule has 3 aromatic rings. The van der Waals surface area contributed by atoms with Crippen LogP contribution in [0, 0.1) is 6.92 Å². The average molecular weight is 451 g/mol. The molecule has 0 spiro atoms. The van der Waals surface area contributed by atoms with Crippen molar-refractivity contribution in [3.8, 4) is 5.75 Å². The van der Waals surface area contributed by atoms with E-state index in [1.807, 2.05) is 59.7 Å². The summed E-state index contributed by atoms with van der Waals surface area (Å²) < 4.78 is 5.81. The molecule has 2 N–H and O–H groups in total. The van der Waals surface area contributed by atoms with Crippen LogP contribution < -0.4 is 15.4 Å². The first-order chi connectivity index (χ1) is 15.6. The Morgan fingerprint density at radius 2 is 1.91 bits per heavy atom. The zero-order valence-corrected chi connectivity index (χ0v) is 18.7. The minimum Gasteiger partial charge on any atom is -0.487 e. The van der Waals surface area contributed by atoms with Crippen LogP contribution in [0.25, 0.3) is 0 Å². The van der Waals surface area contributed by atoms with Gasteiger partial charge < -0.3 is 20.3 Å². The van der Waals surface area contributed by atoms with E-state index in [4.69, 9.17) is 4.74 Å². The summed E-state index contributed by atoms with van der Waals surface area (Å²) >= 11 is 1.59. The monoisotopic (exact) mass is 450 g/mol. The summed E-state index contributed by atoms with van der Waals surface area (Å²) in [5.41, 5.74) is 2.24. The van der Waals surface area contributed by atoms with Gasteiger partial charge in [0.1, 0.15) is 12.4 Å². The van der Waals surface area contributed by atoms with Crippen molar-refractivity contribution in [2.24, 2.45) is 0 Å². The molecule has 3 amide bonds. The molecule has 1 aliphatic rings. The van der Waals surface area contributed by atoms with Crippen LogP contribution in [0.2, 0.25) is 0 Å². The van der Waals surface area contributed by atoms with Gasteiger partial charge in [0.05, 0.1) is 10.7 Å². The number of likely N-dealkylation sites (tertiary alicyclic amines) is 1. The van der Waals surface area contributed by atoms with Gasteiger partial charge in [-0.25, -0.2) is 9.78 Å². The summed E-state index contributed by atoms with van der Waals surface area (Å²) in [6.45, 7) is 3.53. The van der Waals surface area contributed by atoms with E-state index < -0.39 is 0 Å². The second-order valence-electron chi connectivity index (χ2n) is 7.71. The van der Waals surface area contributed by atoms with Gasteiger partial charge in [-0.05, 0) is 50.1 Å². The number of benzene rings is 2. The Hall–Kier alpha value is -3.39. The SMILES string of the molecule is Cc1nc(COc2cccc(C(=O)N3CCC(NC(=O)Nc4ccccc4)CC3)c2)cs1. The maximum Gasteiger partial charge on any atom is 0.319 e. The lowest BCUT2D eigenvalue weighted by molar-refractivity contribution is 0.0708. The number of urea groups is 1. The van der Waals surface area contributed by atoms with Crippen molar-refractivity contribution in [1.82, 2.24) is 15.2 Å². The largest absolute Gasteiger partial charge is 0.487 e. The maximum absolute atomic E-state index is 13.0. The topological polar surface area (TPSA) is 83.6 Å². The lowest BCUT2D eigenvalue weighted by Crippen LogP contribution is -2.47. The summed E-state index contributed by atoms with van der Waals surface area (Å²) in [6.07, 6.45) is 1.43. The number of nitrogens with zero attached hydrogens (tertiary/aromatic N) is 2. The second kappa shape index (κ2) is 10.3. The molecule has 7 nitrogen and oxygen atoms in total. The summed E-state index contributed by atoms with van der Waals surface area (Å²) in [5.74, 6) is 0.628. The van der Waals surface area contributed by atoms with Crippen LogP contribution in [0.4, 0.5) is 10.5 Å². The van der Waals surface area contributed by atoms with Crippen LogP contribution in [0.1, 0.15) is 33.9 Å². The van der Waals surface area contributed by atoms with Gasteiger partial charge in [0.2, 0.25) is 0 Å². The van der Waals surface area contributed by atoms with Crippen LogP contribution in [0.15, 0.2) is 60.0 Å². The molecule has 0 saturated carbocycles. The molecular formula is C24H26N4O3S. The zero-order chi connectivity index (χ0) is 22.3. The Morgan fingerprint density at radius 1 is 1.12 bits per heavy atom. The fraction of sp³-hybridized carbons (Fsp3) is 0.292. The van der Waals surface area contributed by atoms with Gasteiger partial charge in [-0.2, -0.15) is 0 Å². The van der Waals surface area contributed by atoms with Crippen LogP contribution in [0.3, 0.4) is 0 Å². The van der Waals surface area contributed by atoms with E-state index in [1.165, 1.54) is 0 Å². The van der Waals surface area contributed by atoms with Crippen LogP contribution >= 0.6 is 11.3 Å². The quantitative estimate of drug-likeness (QED) is 0.581. The number of rotatable bonds is 6. The lowest BCUT2D eigenvalue weighted by Gasteiger charge is -2.32. The molecule has 0 bridgehead atoms. The lowest BCUT2D eigenvalue weighted by atomic mass is 10.0. The van der Waals surface area contributed by atoms with Crippen molar-refractivity contribution in [2.45, 2.75) is 32.4 Å². The third-order valence-electron chi connectivity index (χ3n) is 5.28. The molecule has 166 valence electrons. The van der Waals surface area contributed by atoms with Gasteiger partial charge in [0.15, 0.2) is 0 Å². The highest BCUT2D eigenvalue weighted by Gasteiger charge is 2.25. The molecule has 32 heavy (non-hydrogen) atoms. The predicted molar refractivity (Wildman–Crippen MR) is 125 cm³/mol. The molecule has 0 aliphatic carbocycles. The summed E-state index contributed by atoms with van der Waals surface area (Å²) in [5, 5.41) is 8.81. The molecular weight excluding hydrogens is 424 g/mol. The second-order valence-corrected chi connectivity index (χ2v) is 8.77. The third kappa shape index (κ3) is 5.85. The molecule has 0 atom stereocenters. The number of aromatic nitrogens is 1. The highest BCUT2D eigenvalue weighted by molar-refractivity contribution is 7.09. The van der Waals surface area contributed by atoms with Crippen molar-refractivity contribution in [3.05, 3.63) is 76.2 Å². The van der Waals surface area contributed by atoms with Gasteiger partial charge in [-0.15, -0.1) is 11.3 Å². The Labute approximate surface area is 191 Å². The Balaban J connectivity index is 1.26. The number of anilines is 1. The minimum atomic E-state index is -0.221. The van der Waals surface area contributed by atoms with Gasteiger partial charge >= 0.3 is 6.03 Å². The van der Waals surface area contributed by atoms with Gasteiger partial charge in [-0.1, -0.05) is 24.3 Å². The summed E-state index contributed by atoms with van der Waals surface area (Å²) in [7, 11) is 0. The average Bonchev–Trinajstić information content (AvgIpc) is 3.23. The van der Waals surface area contributed by atoms with Gasteiger partial charge in [0.25, 0.3) is 5.91 Å². The predicted octanol–water partition coefficient (Wildman–Crippen LogP) is 4.46. The van der Waals surface area contributed by atoms with E-state index in [2.05, 4.69) is 15.6 Å². The molecule has 2 heterocycles. The number of carbonyl (C=O) groups is 2. The normalized spacial score (nSPS) is 14.1. The van der Waals surface area contributed by atoms with Crippen LogP contribution in [-0.2, 0) is 6.61 Å². The Morgan fingerprint density at radius 3 is 2.62 bits per heavy atom. The molecule has 2 aromatic carbocycles. The maximum atomic E-state index is 13.0. The van der Waals surface area contributed by atoms with E-state index in [-0.39, 0.29) is 18.0 Å². The first-order valence-corrected chi connectivity index (χ1v) is 11.5. The number of hydrogen-bond donors (Lipinski definition) is 2. The standard InChI is InChI=1S/C24H26N4O3S/c1-17-25-21(16-32-17)15-31-22-9-5-6-18(14-22)23(29)28-12-10-20(11-13-28)27-24(30)26-19-7-3-2-4-8-19/h2-9,14,16,20H,10-13,15H2,1H3,(H2,26,27,30). The molecule has 1 saturated heterocycles. The van der Waals surface area contributed by atoms with Crippen LogP contribution in [0.5, 0.6) is 5.75 Å². The number of nitrogens with one attached hydrogen (secondary N) is 2. The van der Waals surface area contributed by atoms with E-state index in [0.717, 1.165) is 16.4 Å². The van der Waals surface area contributed by atoms with E-state index in [9.17, 15) is 9.59 Å². The van der Waals surface area contributed by atoms with Crippen molar-refractivity contribution in [3.63, 3.8) is 0 Å². The highest BCUT2D eigenvalue weighted by atomic mass is 32.1. The fourth-order valence-electron chi connectivity index (χ4n) is 3.63. The number of aryl methyl sites for hydroxylation is 1. The van der Waals surface area contributed by atoms with E-state index in [1.54, 1.807) is 23.5 Å². The molecule has 1 aromatic heterocycles. The number of carbonyl (C=O) groups excluding carboxylic acids is 2. The number of amides is 3. The third-order valence-corrected chi connectivity index (χ3v) is 6.11. The van der Waals surface area contributed by atoms with Crippen molar-refractivity contribution < 1.29 is 14.3 Å². The summed E-state index contributed by atoms with van der Waals surface area (Å²) in [6, 6.07) is 16.4. The smallest absolute Gasteiger partial charge is 0.319 e. The van der Waals surface area contributed by atoms with Crippen molar-refractivity contribution >= 4 is 29.0 Å². The van der Waals surface area contributed by atoms with Gasteiger partial charge in [0, 0.05) is 35.8 Å². The molecule has 1 fully saturated rings. The molecule has 4 rings (SSSR count). The first-order valence-electron chi connectivity index (χ1n) is 10.6. The fourth-order valence-corrected chi connectivity index (χ4v) is 4.23. The number of para-hydroxylation sites is 1. The minimum absolute atomic E-state index is 0.0212. The summed E-state index contributed by atoms with van der Waals surface area (Å²) in [4.78, 5) is 31.4. The highest BCUT2D eigenvalue weighted by Crippen LogP contribution is 2.20. The number of piperidine rings is 1.